The van der Waals surface area contributed by atoms with E-state index < -0.39 is 36.4 Å². The topological polar surface area (TPSA) is 119 Å². The standard InChI is InChI=1S/C30H40N2O7/c1-5-19-16-23-28(26(31-3)27(19)34)39-30(35)24(13-17(2)37-29(30)38-23)32-25(33)14-18-9-11-20(12-10-18)21-7-6-8-22(15-21)36-4/h6-12,15,17,19,23-24,26-29,31,34-35H,5,13-14,16H2,1-4H3,(H,32,33)/t17-,19+,23?,24-,26+,27+,28?,29?,30+/m1/s1. The molecule has 0 aromatic heterocycles. The SMILES string of the molecule is CC[C@H]1CC2OC3O[C@H](C)C[C@@H](NC(=O)Cc4ccc(-c5cccc(OC)c5)cc4)[C@]3(O)OC2[C@@H](NC)[C@H]1O. The highest BCUT2D eigenvalue weighted by Gasteiger charge is 2.61. The summed E-state index contributed by atoms with van der Waals surface area (Å²) < 4.78 is 23.9. The molecule has 2 aromatic carbocycles. The van der Waals surface area contributed by atoms with Crippen molar-refractivity contribution in [3.63, 3.8) is 0 Å². The van der Waals surface area contributed by atoms with Gasteiger partial charge in [-0.3, -0.25) is 4.79 Å². The number of nitrogens with one attached hydrogen (secondary N) is 2. The first-order valence-electron chi connectivity index (χ1n) is 13.8. The molecule has 3 unspecified atom stereocenters. The van der Waals surface area contributed by atoms with Crippen molar-refractivity contribution in [2.45, 2.75) is 88.1 Å². The van der Waals surface area contributed by atoms with E-state index in [0.717, 1.165) is 28.9 Å². The number of rotatable bonds is 7. The molecule has 4 N–H and O–H groups in total. The second-order valence-electron chi connectivity index (χ2n) is 11.0. The van der Waals surface area contributed by atoms with Gasteiger partial charge in [-0.1, -0.05) is 49.7 Å². The molecule has 2 aromatic rings. The molecule has 212 valence electrons. The molecule has 9 atom stereocenters. The minimum atomic E-state index is -1.88. The molecule has 5 rings (SSSR count). The first kappa shape index (κ1) is 28.0. The number of hydrogen-bond donors (Lipinski definition) is 4. The maximum Gasteiger partial charge on any atom is 0.239 e. The number of methoxy groups -OCH3 is 1. The van der Waals surface area contributed by atoms with E-state index in [1.807, 2.05) is 62.4 Å². The van der Waals surface area contributed by atoms with Crippen LogP contribution < -0.4 is 15.4 Å². The summed E-state index contributed by atoms with van der Waals surface area (Å²) in [6.45, 7) is 3.93. The van der Waals surface area contributed by atoms with Gasteiger partial charge in [-0.15, -0.1) is 0 Å². The van der Waals surface area contributed by atoms with Crippen LogP contribution in [0.25, 0.3) is 11.1 Å². The van der Waals surface area contributed by atoms with Gasteiger partial charge in [0.1, 0.15) is 11.9 Å². The van der Waals surface area contributed by atoms with Crippen LogP contribution in [0.1, 0.15) is 38.7 Å². The van der Waals surface area contributed by atoms with E-state index in [1.54, 1.807) is 14.2 Å². The zero-order chi connectivity index (χ0) is 27.7. The maximum atomic E-state index is 13.2. The summed E-state index contributed by atoms with van der Waals surface area (Å²) in [5.74, 6) is -1.29. The third kappa shape index (κ3) is 5.57. The molecule has 3 aliphatic rings. The van der Waals surface area contributed by atoms with Gasteiger partial charge in [0.15, 0.2) is 0 Å². The molecule has 2 aliphatic heterocycles. The number of carbonyl (C=O) groups is 1. The second kappa shape index (κ2) is 11.5. The van der Waals surface area contributed by atoms with Gasteiger partial charge in [0.2, 0.25) is 18.0 Å². The summed E-state index contributed by atoms with van der Waals surface area (Å²) in [7, 11) is 3.40. The molecule has 0 bridgehead atoms. The Balaban J connectivity index is 1.28. The number of likely N-dealkylation sites (N-methyl/N-ethyl adjacent to an activating group) is 1. The minimum absolute atomic E-state index is 0.0466. The predicted molar refractivity (Wildman–Crippen MR) is 145 cm³/mol. The number of amides is 1. The largest absolute Gasteiger partial charge is 0.497 e. The van der Waals surface area contributed by atoms with Crippen LogP contribution in [0.5, 0.6) is 5.75 Å². The van der Waals surface area contributed by atoms with Gasteiger partial charge in [0.25, 0.3) is 0 Å². The Morgan fingerprint density at radius 1 is 1.13 bits per heavy atom. The highest BCUT2D eigenvalue weighted by atomic mass is 16.8. The molecule has 1 aliphatic carbocycles. The van der Waals surface area contributed by atoms with Crippen LogP contribution in [0.15, 0.2) is 48.5 Å². The van der Waals surface area contributed by atoms with Crippen LogP contribution in [0, 0.1) is 5.92 Å². The molecule has 1 amide bonds. The molecule has 3 fully saturated rings. The van der Waals surface area contributed by atoms with Crippen molar-refractivity contribution >= 4 is 5.91 Å². The minimum Gasteiger partial charge on any atom is -0.497 e. The Bertz CT molecular complexity index is 1140. The van der Waals surface area contributed by atoms with Crippen LogP contribution in [0.4, 0.5) is 0 Å². The van der Waals surface area contributed by atoms with Crippen LogP contribution in [0.3, 0.4) is 0 Å². The third-order valence-corrected chi connectivity index (χ3v) is 8.40. The van der Waals surface area contributed by atoms with Crippen molar-refractivity contribution in [2.75, 3.05) is 14.2 Å². The van der Waals surface area contributed by atoms with Crippen molar-refractivity contribution in [1.82, 2.24) is 10.6 Å². The van der Waals surface area contributed by atoms with Gasteiger partial charge in [0.05, 0.1) is 43.9 Å². The number of fused-ring (bicyclic) bond motifs is 2. The van der Waals surface area contributed by atoms with E-state index in [4.69, 9.17) is 18.9 Å². The average molecular weight is 541 g/mol. The Hall–Kier alpha value is -2.53. The third-order valence-electron chi connectivity index (χ3n) is 8.40. The highest BCUT2D eigenvalue weighted by molar-refractivity contribution is 5.79. The summed E-state index contributed by atoms with van der Waals surface area (Å²) in [5.41, 5.74) is 2.90. The zero-order valence-corrected chi connectivity index (χ0v) is 23.0. The van der Waals surface area contributed by atoms with Crippen LogP contribution in [0.2, 0.25) is 0 Å². The van der Waals surface area contributed by atoms with E-state index in [1.165, 1.54) is 0 Å². The molecule has 2 heterocycles. The van der Waals surface area contributed by atoms with E-state index in [-0.39, 0.29) is 30.5 Å². The Morgan fingerprint density at radius 2 is 1.90 bits per heavy atom. The fourth-order valence-electron chi connectivity index (χ4n) is 6.20. The van der Waals surface area contributed by atoms with Crippen molar-refractivity contribution in [3.05, 3.63) is 54.1 Å². The monoisotopic (exact) mass is 540 g/mol. The molecule has 9 nitrogen and oxygen atoms in total. The Morgan fingerprint density at radius 3 is 2.59 bits per heavy atom. The lowest BCUT2D eigenvalue weighted by atomic mass is 9.77. The van der Waals surface area contributed by atoms with Crippen molar-refractivity contribution in [3.8, 4) is 16.9 Å². The Kier molecular flexibility index (Phi) is 8.28. The van der Waals surface area contributed by atoms with Gasteiger partial charge >= 0.3 is 0 Å². The highest BCUT2D eigenvalue weighted by Crippen LogP contribution is 2.43. The van der Waals surface area contributed by atoms with E-state index in [0.29, 0.717) is 12.8 Å². The van der Waals surface area contributed by atoms with Gasteiger partial charge in [-0.25, -0.2) is 0 Å². The lowest BCUT2D eigenvalue weighted by Crippen LogP contribution is -2.75. The predicted octanol–water partition coefficient (Wildman–Crippen LogP) is 2.38. The number of aliphatic hydroxyl groups excluding tert-OH is 1. The molecular formula is C30H40N2O7. The summed E-state index contributed by atoms with van der Waals surface area (Å²) in [4.78, 5) is 13.2. The first-order chi connectivity index (χ1) is 18.7. The van der Waals surface area contributed by atoms with Crippen LogP contribution in [-0.2, 0) is 25.4 Å². The average Bonchev–Trinajstić information content (AvgIpc) is 2.93. The molecule has 9 heteroatoms. The fourth-order valence-corrected chi connectivity index (χ4v) is 6.20. The normalized spacial score (nSPS) is 35.9. The van der Waals surface area contributed by atoms with Gasteiger partial charge in [-0.05, 0) is 61.6 Å². The summed E-state index contributed by atoms with van der Waals surface area (Å²) in [5, 5.41) is 28.8. The van der Waals surface area contributed by atoms with Crippen LogP contribution >= 0.6 is 0 Å². The lowest BCUT2D eigenvalue weighted by molar-refractivity contribution is -0.443. The maximum absolute atomic E-state index is 13.2. The van der Waals surface area contributed by atoms with Crippen molar-refractivity contribution in [1.29, 1.82) is 0 Å². The number of aliphatic hydroxyl groups is 2. The second-order valence-corrected chi connectivity index (χ2v) is 11.0. The van der Waals surface area contributed by atoms with Gasteiger partial charge in [0, 0.05) is 0 Å². The molecule has 0 radical (unpaired) electrons. The fraction of sp³-hybridized carbons (Fsp3) is 0.567. The van der Waals surface area contributed by atoms with E-state index in [2.05, 4.69) is 10.6 Å². The Labute approximate surface area is 229 Å². The first-order valence-corrected chi connectivity index (χ1v) is 13.8. The molecule has 0 spiro atoms. The lowest BCUT2D eigenvalue weighted by Gasteiger charge is -2.57. The summed E-state index contributed by atoms with van der Waals surface area (Å²) in [6, 6.07) is 14.5. The number of carbonyl (C=O) groups excluding carboxylic acids is 1. The van der Waals surface area contributed by atoms with Crippen LogP contribution in [-0.4, -0.2) is 78.9 Å². The summed E-state index contributed by atoms with van der Waals surface area (Å²) >= 11 is 0. The molecule has 2 saturated heterocycles. The zero-order valence-electron chi connectivity index (χ0n) is 23.0. The number of hydrogen-bond acceptors (Lipinski definition) is 8. The quantitative estimate of drug-likeness (QED) is 0.423. The summed E-state index contributed by atoms with van der Waals surface area (Å²) in [6.07, 6.45) is -0.946. The van der Waals surface area contributed by atoms with E-state index >= 15 is 0 Å². The van der Waals surface area contributed by atoms with Crippen molar-refractivity contribution < 1.29 is 34.0 Å². The molecular weight excluding hydrogens is 500 g/mol. The number of ether oxygens (including phenoxy) is 4. The molecule has 1 saturated carbocycles. The smallest absolute Gasteiger partial charge is 0.239 e. The van der Waals surface area contributed by atoms with Crippen molar-refractivity contribution in [2.24, 2.45) is 5.92 Å². The van der Waals surface area contributed by atoms with Gasteiger partial charge in [-0.2, -0.15) is 0 Å². The van der Waals surface area contributed by atoms with E-state index in [9.17, 15) is 15.0 Å². The number of benzene rings is 2. The molecule has 39 heavy (non-hydrogen) atoms. The van der Waals surface area contributed by atoms with Gasteiger partial charge < -0.3 is 39.8 Å².